The van der Waals surface area contributed by atoms with Gasteiger partial charge >= 0.3 is 0 Å². The first-order chi connectivity index (χ1) is 7.40. The maximum atomic E-state index is 4.43. The van der Waals surface area contributed by atoms with Gasteiger partial charge in [-0.2, -0.15) is 0 Å². The molecule has 1 aromatic heterocycles. The van der Waals surface area contributed by atoms with Gasteiger partial charge in [0.2, 0.25) is 0 Å². The predicted molar refractivity (Wildman–Crippen MR) is 62.6 cm³/mol. The SMILES string of the molecule is CNC(CC1CCCC1)c1ccccn1. The van der Waals surface area contributed by atoms with E-state index in [1.807, 2.05) is 19.3 Å². The smallest absolute Gasteiger partial charge is 0.0573 e. The van der Waals surface area contributed by atoms with Crippen molar-refractivity contribution < 1.29 is 0 Å². The van der Waals surface area contributed by atoms with E-state index in [4.69, 9.17) is 0 Å². The molecule has 1 aliphatic carbocycles. The molecule has 2 nitrogen and oxygen atoms in total. The Morgan fingerprint density at radius 2 is 2.20 bits per heavy atom. The van der Waals surface area contributed by atoms with Gasteiger partial charge in [-0.15, -0.1) is 0 Å². The summed E-state index contributed by atoms with van der Waals surface area (Å²) in [6, 6.07) is 6.61. The molecule has 2 heteroatoms. The summed E-state index contributed by atoms with van der Waals surface area (Å²) in [6.45, 7) is 0. The molecular weight excluding hydrogens is 184 g/mol. The van der Waals surface area contributed by atoms with Gasteiger partial charge < -0.3 is 5.32 Å². The lowest BCUT2D eigenvalue weighted by Crippen LogP contribution is -2.20. The molecule has 0 aliphatic heterocycles. The maximum Gasteiger partial charge on any atom is 0.0573 e. The molecule has 0 aromatic carbocycles. The average molecular weight is 204 g/mol. The summed E-state index contributed by atoms with van der Waals surface area (Å²) < 4.78 is 0. The molecule has 15 heavy (non-hydrogen) atoms. The first-order valence-corrected chi connectivity index (χ1v) is 5.98. The lowest BCUT2D eigenvalue weighted by Gasteiger charge is -2.19. The molecule has 0 saturated heterocycles. The standard InChI is InChI=1S/C13H20N2/c1-14-13(10-11-6-2-3-7-11)12-8-4-5-9-15-12/h4-5,8-9,11,13-14H,2-3,6-7,10H2,1H3. The van der Waals surface area contributed by atoms with E-state index in [9.17, 15) is 0 Å². The second-order valence-electron chi connectivity index (χ2n) is 4.48. The molecule has 2 rings (SSSR count). The van der Waals surface area contributed by atoms with E-state index in [2.05, 4.69) is 22.4 Å². The minimum Gasteiger partial charge on any atom is -0.312 e. The molecule has 0 spiro atoms. The molecule has 1 heterocycles. The van der Waals surface area contributed by atoms with Gasteiger partial charge in [-0.3, -0.25) is 4.98 Å². The van der Waals surface area contributed by atoms with Gasteiger partial charge in [0.1, 0.15) is 0 Å². The average Bonchev–Trinajstić information content (AvgIpc) is 2.80. The molecule has 1 atom stereocenters. The fourth-order valence-corrected chi connectivity index (χ4v) is 2.55. The minimum absolute atomic E-state index is 0.439. The summed E-state index contributed by atoms with van der Waals surface area (Å²) in [5.74, 6) is 0.907. The number of aromatic nitrogens is 1. The topological polar surface area (TPSA) is 24.9 Å². The van der Waals surface area contributed by atoms with Crippen molar-refractivity contribution in [2.45, 2.75) is 38.1 Å². The van der Waals surface area contributed by atoms with Crippen LogP contribution in [0.25, 0.3) is 0 Å². The van der Waals surface area contributed by atoms with Crippen molar-refractivity contribution in [2.24, 2.45) is 5.92 Å². The largest absolute Gasteiger partial charge is 0.312 e. The summed E-state index contributed by atoms with van der Waals surface area (Å²) in [7, 11) is 2.04. The number of nitrogens with zero attached hydrogens (tertiary/aromatic N) is 1. The number of hydrogen-bond acceptors (Lipinski definition) is 2. The van der Waals surface area contributed by atoms with E-state index < -0.39 is 0 Å². The highest BCUT2D eigenvalue weighted by atomic mass is 14.9. The van der Waals surface area contributed by atoms with Crippen LogP contribution in [0.4, 0.5) is 0 Å². The van der Waals surface area contributed by atoms with Gasteiger partial charge in [0.05, 0.1) is 5.69 Å². The zero-order chi connectivity index (χ0) is 10.5. The monoisotopic (exact) mass is 204 g/mol. The van der Waals surface area contributed by atoms with Gasteiger partial charge in [-0.05, 0) is 31.5 Å². The van der Waals surface area contributed by atoms with E-state index in [1.54, 1.807) is 0 Å². The van der Waals surface area contributed by atoms with Crippen LogP contribution >= 0.6 is 0 Å². The molecule has 1 aliphatic rings. The van der Waals surface area contributed by atoms with Crippen LogP contribution in [0.3, 0.4) is 0 Å². The molecule has 1 aromatic rings. The summed E-state index contributed by atoms with van der Waals surface area (Å²) in [4.78, 5) is 4.43. The zero-order valence-corrected chi connectivity index (χ0v) is 9.45. The Morgan fingerprint density at radius 1 is 1.40 bits per heavy atom. The van der Waals surface area contributed by atoms with Crippen molar-refractivity contribution in [2.75, 3.05) is 7.05 Å². The third-order valence-electron chi connectivity index (χ3n) is 3.44. The molecule has 0 radical (unpaired) electrons. The highest BCUT2D eigenvalue weighted by molar-refractivity contribution is 5.08. The van der Waals surface area contributed by atoms with E-state index in [0.29, 0.717) is 6.04 Å². The van der Waals surface area contributed by atoms with E-state index in [0.717, 1.165) is 5.92 Å². The number of hydrogen-bond donors (Lipinski definition) is 1. The molecule has 0 amide bonds. The van der Waals surface area contributed by atoms with Gasteiger partial charge in [-0.25, -0.2) is 0 Å². The lowest BCUT2D eigenvalue weighted by atomic mass is 9.96. The Morgan fingerprint density at radius 3 is 2.80 bits per heavy atom. The van der Waals surface area contributed by atoms with E-state index >= 15 is 0 Å². The number of rotatable bonds is 4. The zero-order valence-electron chi connectivity index (χ0n) is 9.45. The van der Waals surface area contributed by atoms with Crippen molar-refractivity contribution in [3.63, 3.8) is 0 Å². The van der Waals surface area contributed by atoms with E-state index in [-0.39, 0.29) is 0 Å². The molecular formula is C13H20N2. The second kappa shape index (κ2) is 5.26. The highest BCUT2D eigenvalue weighted by Crippen LogP contribution is 2.32. The molecule has 1 unspecified atom stereocenters. The lowest BCUT2D eigenvalue weighted by molar-refractivity contribution is 0.408. The van der Waals surface area contributed by atoms with Gasteiger partial charge in [0, 0.05) is 12.2 Å². The van der Waals surface area contributed by atoms with Crippen LogP contribution in [0.1, 0.15) is 43.8 Å². The molecule has 1 N–H and O–H groups in total. The van der Waals surface area contributed by atoms with Gasteiger partial charge in [0.15, 0.2) is 0 Å². The third-order valence-corrected chi connectivity index (χ3v) is 3.44. The van der Waals surface area contributed by atoms with Gasteiger partial charge in [-0.1, -0.05) is 31.7 Å². The maximum absolute atomic E-state index is 4.43. The third kappa shape index (κ3) is 2.78. The predicted octanol–water partition coefficient (Wildman–Crippen LogP) is 2.92. The minimum atomic E-state index is 0.439. The van der Waals surface area contributed by atoms with Crippen LogP contribution in [0.2, 0.25) is 0 Å². The summed E-state index contributed by atoms with van der Waals surface area (Å²) in [5.41, 5.74) is 1.19. The van der Waals surface area contributed by atoms with Gasteiger partial charge in [0.25, 0.3) is 0 Å². The van der Waals surface area contributed by atoms with Crippen LogP contribution in [0.5, 0.6) is 0 Å². The van der Waals surface area contributed by atoms with Crippen molar-refractivity contribution in [1.29, 1.82) is 0 Å². The Labute approximate surface area is 92.1 Å². The molecule has 1 saturated carbocycles. The first-order valence-electron chi connectivity index (χ1n) is 5.98. The first kappa shape index (κ1) is 10.6. The summed E-state index contributed by atoms with van der Waals surface area (Å²) in [5, 5.41) is 3.38. The van der Waals surface area contributed by atoms with Crippen LogP contribution in [0, 0.1) is 5.92 Å². The second-order valence-corrected chi connectivity index (χ2v) is 4.48. The number of pyridine rings is 1. The van der Waals surface area contributed by atoms with Crippen LogP contribution in [0.15, 0.2) is 24.4 Å². The molecule has 82 valence electrons. The highest BCUT2D eigenvalue weighted by Gasteiger charge is 2.20. The van der Waals surface area contributed by atoms with Crippen LogP contribution < -0.4 is 5.32 Å². The van der Waals surface area contributed by atoms with Crippen LogP contribution in [-0.2, 0) is 0 Å². The molecule has 0 bridgehead atoms. The molecule has 1 fully saturated rings. The Hall–Kier alpha value is -0.890. The Bertz CT molecular complexity index is 278. The van der Waals surface area contributed by atoms with E-state index in [1.165, 1.54) is 37.8 Å². The van der Waals surface area contributed by atoms with Crippen molar-refractivity contribution in [1.82, 2.24) is 10.3 Å². The normalized spacial score (nSPS) is 19.3. The Kier molecular flexibility index (Phi) is 3.73. The van der Waals surface area contributed by atoms with Crippen LogP contribution in [-0.4, -0.2) is 12.0 Å². The quantitative estimate of drug-likeness (QED) is 0.815. The van der Waals surface area contributed by atoms with Crippen molar-refractivity contribution in [3.8, 4) is 0 Å². The summed E-state index contributed by atoms with van der Waals surface area (Å²) >= 11 is 0. The fraction of sp³-hybridized carbons (Fsp3) is 0.615. The number of nitrogens with one attached hydrogen (secondary N) is 1. The fourth-order valence-electron chi connectivity index (χ4n) is 2.55. The summed E-state index contributed by atoms with van der Waals surface area (Å²) in [6.07, 6.45) is 8.78. The van der Waals surface area contributed by atoms with Crippen molar-refractivity contribution >= 4 is 0 Å². The van der Waals surface area contributed by atoms with Crippen molar-refractivity contribution in [3.05, 3.63) is 30.1 Å². The Balaban J connectivity index is 1.97.